The van der Waals surface area contributed by atoms with Gasteiger partial charge in [-0.15, -0.1) is 0 Å². The lowest BCUT2D eigenvalue weighted by molar-refractivity contribution is -0.133. The van der Waals surface area contributed by atoms with Crippen LogP contribution in [0.25, 0.3) is 0 Å². The van der Waals surface area contributed by atoms with Crippen molar-refractivity contribution in [2.75, 3.05) is 24.6 Å². The van der Waals surface area contributed by atoms with Gasteiger partial charge >= 0.3 is 0 Å². The molecule has 2 aromatic carbocycles. The fourth-order valence-corrected chi connectivity index (χ4v) is 5.82. The average molecular weight is 528 g/mol. The summed E-state index contributed by atoms with van der Waals surface area (Å²) in [5.41, 5.74) is 7.71. The topological polar surface area (TPSA) is 99.6 Å². The van der Waals surface area contributed by atoms with E-state index >= 15 is 0 Å². The Morgan fingerprint density at radius 1 is 1.11 bits per heavy atom. The molecule has 202 valence electrons. The number of aliphatic hydroxyl groups excluding tert-OH is 1. The summed E-state index contributed by atoms with van der Waals surface area (Å²) in [6, 6.07) is 14.7. The number of carbonyl (C=O) groups is 1. The number of amides is 1. The number of hydrogen-bond donors (Lipinski definition) is 2. The van der Waals surface area contributed by atoms with Gasteiger partial charge in [-0.05, 0) is 61.6 Å². The van der Waals surface area contributed by atoms with Crippen LogP contribution in [0.5, 0.6) is 5.75 Å². The molecule has 0 unspecified atom stereocenters. The Hall–Kier alpha value is -2.75. The van der Waals surface area contributed by atoms with Crippen LogP contribution in [0.4, 0.5) is 5.69 Å². The lowest BCUT2D eigenvalue weighted by Gasteiger charge is -2.56. The van der Waals surface area contributed by atoms with E-state index in [4.69, 9.17) is 32.4 Å². The molecule has 6 nitrogen and oxygen atoms in total. The van der Waals surface area contributed by atoms with Crippen LogP contribution in [-0.2, 0) is 0 Å². The van der Waals surface area contributed by atoms with Crippen molar-refractivity contribution in [1.29, 1.82) is 5.26 Å². The Morgan fingerprint density at radius 3 is 2.11 bits per heavy atom. The highest BCUT2D eigenvalue weighted by atomic mass is 35.5. The highest BCUT2D eigenvalue weighted by Gasteiger charge is 2.54. The summed E-state index contributed by atoms with van der Waals surface area (Å²) in [6.07, 6.45) is 3.37. The fourth-order valence-electron chi connectivity index (χ4n) is 5.61. The molecule has 1 heterocycles. The Morgan fingerprint density at radius 2 is 1.68 bits per heavy atom. The molecule has 1 aliphatic carbocycles. The molecule has 1 amide bonds. The molecular weight excluding hydrogens is 486 g/mol. The number of carbonyl (C=O) groups excluding carboxylic acids is 1. The fraction of sp³-hybridized carbons (Fsp3) is 0.533. The Kier molecular flexibility index (Phi) is 10.8. The van der Waals surface area contributed by atoms with Crippen LogP contribution in [0.15, 0.2) is 42.5 Å². The number of rotatable bonds is 5. The summed E-state index contributed by atoms with van der Waals surface area (Å²) in [6.45, 7) is 15.1. The summed E-state index contributed by atoms with van der Waals surface area (Å²) < 4.78 is 6.07. The number of hydrogen-bond acceptors (Lipinski definition) is 5. The van der Waals surface area contributed by atoms with E-state index in [1.54, 1.807) is 24.3 Å². The standard InChI is InChI=1S/C15H18ClNO.C13H18N2O2.C2H6/c1-14(2)9-15(3,4)13(14)18-11-6-5-10(8-17)12(16)7-11;14-13(17)11-1-3-12(4-2-11)15-7-5-10(9-16)6-8-15;1-2/h5-7,13H,9H2,1-4H3;1-4,10,16H,5-9H2,(H2,14,17);1-2H3. The minimum Gasteiger partial charge on any atom is -0.489 e. The number of halogens is 1. The highest BCUT2D eigenvalue weighted by Crippen LogP contribution is 2.55. The van der Waals surface area contributed by atoms with Crippen molar-refractivity contribution in [3.63, 3.8) is 0 Å². The van der Waals surface area contributed by atoms with Crippen LogP contribution in [0, 0.1) is 28.1 Å². The van der Waals surface area contributed by atoms with Crippen LogP contribution in [0.3, 0.4) is 0 Å². The first-order valence-corrected chi connectivity index (χ1v) is 13.5. The molecule has 0 aromatic heterocycles. The summed E-state index contributed by atoms with van der Waals surface area (Å²) in [4.78, 5) is 13.2. The number of aliphatic hydroxyl groups is 1. The molecule has 4 rings (SSSR count). The lowest BCUT2D eigenvalue weighted by atomic mass is 9.53. The van der Waals surface area contributed by atoms with Crippen LogP contribution >= 0.6 is 11.6 Å². The van der Waals surface area contributed by atoms with Crippen molar-refractivity contribution >= 4 is 23.2 Å². The second kappa shape index (κ2) is 13.2. The maximum atomic E-state index is 11.0. The molecule has 0 spiro atoms. The first kappa shape index (κ1) is 30.5. The molecule has 0 bridgehead atoms. The summed E-state index contributed by atoms with van der Waals surface area (Å²) in [5.74, 6) is 0.788. The molecule has 0 radical (unpaired) electrons. The second-order valence-corrected chi connectivity index (χ2v) is 11.3. The quantitative estimate of drug-likeness (QED) is 0.466. The molecule has 1 aliphatic heterocycles. The zero-order chi connectivity index (χ0) is 27.8. The van der Waals surface area contributed by atoms with E-state index in [9.17, 15) is 4.79 Å². The van der Waals surface area contributed by atoms with Crippen molar-refractivity contribution in [3.05, 3.63) is 58.6 Å². The van der Waals surface area contributed by atoms with Gasteiger partial charge < -0.3 is 20.5 Å². The maximum absolute atomic E-state index is 11.0. The molecule has 7 heteroatoms. The smallest absolute Gasteiger partial charge is 0.248 e. The van der Waals surface area contributed by atoms with E-state index in [0.717, 1.165) is 43.8 Å². The van der Waals surface area contributed by atoms with Crippen LogP contribution in [-0.4, -0.2) is 36.8 Å². The van der Waals surface area contributed by atoms with E-state index in [1.165, 1.54) is 0 Å². The normalized spacial score (nSPS) is 18.2. The number of benzene rings is 2. The maximum Gasteiger partial charge on any atom is 0.248 e. The van der Waals surface area contributed by atoms with Gasteiger partial charge in [0.2, 0.25) is 5.91 Å². The number of nitriles is 1. The van der Waals surface area contributed by atoms with Crippen molar-refractivity contribution in [2.24, 2.45) is 22.5 Å². The van der Waals surface area contributed by atoms with Gasteiger partial charge in [-0.25, -0.2) is 0 Å². The highest BCUT2D eigenvalue weighted by molar-refractivity contribution is 6.31. The van der Waals surface area contributed by atoms with Gasteiger partial charge in [-0.2, -0.15) is 5.26 Å². The molecule has 37 heavy (non-hydrogen) atoms. The van der Waals surface area contributed by atoms with E-state index < -0.39 is 5.91 Å². The minimum atomic E-state index is -0.393. The number of primary amides is 1. The van der Waals surface area contributed by atoms with Crippen molar-refractivity contribution in [1.82, 2.24) is 0 Å². The molecule has 2 aromatic rings. The number of ether oxygens (including phenoxy) is 1. The van der Waals surface area contributed by atoms with E-state index in [0.29, 0.717) is 22.1 Å². The Labute approximate surface area is 227 Å². The summed E-state index contributed by atoms with van der Waals surface area (Å²) in [7, 11) is 0. The van der Waals surface area contributed by atoms with Gasteiger partial charge in [0.05, 0.1) is 10.6 Å². The minimum absolute atomic E-state index is 0.175. The third-order valence-corrected chi connectivity index (χ3v) is 7.35. The monoisotopic (exact) mass is 527 g/mol. The van der Waals surface area contributed by atoms with Gasteiger partial charge in [-0.1, -0.05) is 53.1 Å². The van der Waals surface area contributed by atoms with E-state index in [2.05, 4.69) is 32.6 Å². The Balaban J connectivity index is 0.000000244. The molecule has 2 aliphatic rings. The van der Waals surface area contributed by atoms with Gasteiger partial charge in [-0.3, -0.25) is 4.79 Å². The van der Waals surface area contributed by atoms with Crippen LogP contribution in [0.2, 0.25) is 5.02 Å². The third-order valence-electron chi connectivity index (χ3n) is 7.04. The number of piperidine rings is 1. The molecular formula is C30H42ClN3O3. The largest absolute Gasteiger partial charge is 0.489 e. The zero-order valence-electron chi connectivity index (χ0n) is 23.1. The van der Waals surface area contributed by atoms with Gasteiger partial charge in [0, 0.05) is 47.8 Å². The molecule has 1 saturated heterocycles. The summed E-state index contributed by atoms with van der Waals surface area (Å²) >= 11 is 6.01. The first-order valence-electron chi connectivity index (χ1n) is 13.1. The number of nitrogens with zero attached hydrogens (tertiary/aromatic N) is 2. The summed E-state index contributed by atoms with van der Waals surface area (Å²) in [5, 5.41) is 18.4. The molecule has 1 saturated carbocycles. The second-order valence-electron chi connectivity index (χ2n) is 10.9. The van der Waals surface area contributed by atoms with Crippen LogP contribution in [0.1, 0.15) is 76.7 Å². The SMILES string of the molecule is CC.CC1(C)CC(C)(C)C1Oc1ccc(C#N)c(Cl)c1.NC(=O)c1ccc(N2CCC(CO)CC2)cc1. The Bertz CT molecular complexity index is 1050. The van der Waals surface area contributed by atoms with Crippen molar-refractivity contribution in [2.45, 2.75) is 66.9 Å². The lowest BCUT2D eigenvalue weighted by Crippen LogP contribution is -2.58. The number of anilines is 1. The van der Waals surface area contributed by atoms with E-state index in [1.807, 2.05) is 38.1 Å². The van der Waals surface area contributed by atoms with Gasteiger partial charge in [0.15, 0.2) is 0 Å². The van der Waals surface area contributed by atoms with Crippen molar-refractivity contribution < 1.29 is 14.6 Å². The molecule has 2 fully saturated rings. The third kappa shape index (κ3) is 7.87. The van der Waals surface area contributed by atoms with Crippen LogP contribution < -0.4 is 15.4 Å². The van der Waals surface area contributed by atoms with E-state index in [-0.39, 0.29) is 23.5 Å². The molecule has 0 atom stereocenters. The average Bonchev–Trinajstić information content (AvgIpc) is 2.88. The number of nitrogens with two attached hydrogens (primary N) is 1. The predicted molar refractivity (Wildman–Crippen MR) is 151 cm³/mol. The van der Waals surface area contributed by atoms with Gasteiger partial charge in [0.25, 0.3) is 0 Å². The zero-order valence-corrected chi connectivity index (χ0v) is 23.8. The molecule has 3 N–H and O–H groups in total. The first-order chi connectivity index (χ1) is 17.5. The van der Waals surface area contributed by atoms with Gasteiger partial charge in [0.1, 0.15) is 17.9 Å². The predicted octanol–water partition coefficient (Wildman–Crippen LogP) is 6.44. The van der Waals surface area contributed by atoms with Crippen molar-refractivity contribution in [3.8, 4) is 11.8 Å².